The monoisotopic (exact) mass is 306 g/mol. The molecule has 0 amide bonds. The number of aromatic amines is 1. The fourth-order valence-corrected chi connectivity index (χ4v) is 1.78. The molecule has 0 saturated heterocycles. The summed E-state index contributed by atoms with van der Waals surface area (Å²) in [5.41, 5.74) is 1.11. The first-order valence-electron chi connectivity index (χ1n) is 7.10. The van der Waals surface area contributed by atoms with E-state index in [0.717, 1.165) is 5.69 Å². The van der Waals surface area contributed by atoms with Gasteiger partial charge in [-0.05, 0) is 31.0 Å². The number of aromatic nitrogens is 2. The number of hydrogen-bond acceptors (Lipinski definition) is 4. The lowest BCUT2D eigenvalue weighted by Gasteiger charge is -2.13. The number of H-pyrrole nitrogens is 1. The molecule has 118 valence electrons. The molecule has 0 fully saturated rings. The maximum atomic E-state index is 13.0. The van der Waals surface area contributed by atoms with E-state index < -0.39 is 12.1 Å². The highest BCUT2D eigenvalue weighted by Crippen LogP contribution is 2.14. The number of nitrogens with zero attached hydrogens (tertiary/aromatic N) is 1. The van der Waals surface area contributed by atoms with Crippen molar-refractivity contribution >= 4 is 5.97 Å². The van der Waals surface area contributed by atoms with Gasteiger partial charge in [-0.25, -0.2) is 9.18 Å². The summed E-state index contributed by atoms with van der Waals surface area (Å²) in [6.45, 7) is 5.83. The molecule has 0 aliphatic heterocycles. The van der Waals surface area contributed by atoms with Crippen molar-refractivity contribution in [1.29, 1.82) is 0 Å². The van der Waals surface area contributed by atoms with Crippen LogP contribution in [0.4, 0.5) is 4.39 Å². The molecule has 6 heteroatoms. The SMILES string of the molecule is CC(COc1cccc(F)c1)OC(=O)c1cc(C(C)C)[nH]n1. The largest absolute Gasteiger partial charge is 0.490 e. The van der Waals surface area contributed by atoms with Crippen LogP contribution in [-0.4, -0.2) is 28.9 Å². The first kappa shape index (κ1) is 16.0. The van der Waals surface area contributed by atoms with Crippen molar-refractivity contribution in [2.75, 3.05) is 6.61 Å². The second-order valence-electron chi connectivity index (χ2n) is 5.35. The van der Waals surface area contributed by atoms with Crippen molar-refractivity contribution in [3.8, 4) is 5.75 Å². The highest BCUT2D eigenvalue weighted by Gasteiger charge is 2.17. The molecule has 2 aromatic rings. The van der Waals surface area contributed by atoms with Gasteiger partial charge in [-0.3, -0.25) is 5.10 Å². The predicted octanol–water partition coefficient (Wildman–Crippen LogP) is 3.30. The Balaban J connectivity index is 1.85. The first-order valence-corrected chi connectivity index (χ1v) is 7.10. The van der Waals surface area contributed by atoms with Gasteiger partial charge < -0.3 is 9.47 Å². The predicted molar refractivity (Wildman–Crippen MR) is 79.4 cm³/mol. The minimum atomic E-state index is -0.515. The number of nitrogens with one attached hydrogen (secondary N) is 1. The molecule has 0 radical (unpaired) electrons. The van der Waals surface area contributed by atoms with Gasteiger partial charge in [0.1, 0.15) is 24.3 Å². The van der Waals surface area contributed by atoms with Crippen molar-refractivity contribution < 1.29 is 18.7 Å². The van der Waals surface area contributed by atoms with E-state index in [4.69, 9.17) is 9.47 Å². The molecule has 0 bridgehead atoms. The maximum Gasteiger partial charge on any atom is 0.359 e. The van der Waals surface area contributed by atoms with E-state index in [-0.39, 0.29) is 24.0 Å². The summed E-state index contributed by atoms with van der Waals surface area (Å²) < 4.78 is 23.6. The Morgan fingerprint density at radius 2 is 2.09 bits per heavy atom. The van der Waals surface area contributed by atoms with Gasteiger partial charge in [-0.2, -0.15) is 5.10 Å². The highest BCUT2D eigenvalue weighted by atomic mass is 19.1. The van der Waals surface area contributed by atoms with Crippen LogP contribution < -0.4 is 4.74 Å². The number of rotatable bonds is 6. The minimum absolute atomic E-state index is 0.136. The molecule has 0 aliphatic rings. The molecule has 1 aromatic carbocycles. The standard InChI is InChI=1S/C16H19FN2O3/c1-10(2)14-8-15(19-18-14)16(20)22-11(3)9-21-13-6-4-5-12(17)7-13/h4-8,10-11H,9H2,1-3H3,(H,18,19). The summed E-state index contributed by atoms with van der Waals surface area (Å²) in [6.07, 6.45) is -0.477. The molecule has 5 nitrogen and oxygen atoms in total. The zero-order valence-electron chi connectivity index (χ0n) is 12.8. The van der Waals surface area contributed by atoms with E-state index in [0.29, 0.717) is 5.75 Å². The molecule has 22 heavy (non-hydrogen) atoms. The number of ether oxygens (including phenoxy) is 2. The maximum absolute atomic E-state index is 13.0. The van der Waals surface area contributed by atoms with E-state index in [1.807, 2.05) is 13.8 Å². The second-order valence-corrected chi connectivity index (χ2v) is 5.35. The lowest BCUT2D eigenvalue weighted by molar-refractivity contribution is 0.0221. The lowest BCUT2D eigenvalue weighted by atomic mass is 10.1. The van der Waals surface area contributed by atoms with E-state index >= 15 is 0 Å². The third-order valence-corrected chi connectivity index (χ3v) is 3.02. The number of halogens is 1. The summed E-state index contributed by atoms with van der Waals surface area (Å²) in [5.74, 6) is -0.245. The molecule has 0 saturated carbocycles. The van der Waals surface area contributed by atoms with E-state index in [9.17, 15) is 9.18 Å². The fraction of sp³-hybridized carbons (Fsp3) is 0.375. The van der Waals surface area contributed by atoms with Crippen molar-refractivity contribution in [2.45, 2.75) is 32.8 Å². The number of carbonyl (C=O) groups is 1. The third-order valence-electron chi connectivity index (χ3n) is 3.02. The summed E-state index contributed by atoms with van der Waals surface area (Å²) in [4.78, 5) is 11.9. The molecule has 1 N–H and O–H groups in total. The average Bonchev–Trinajstić information content (AvgIpc) is 2.95. The number of benzene rings is 1. The average molecular weight is 306 g/mol. The molecule has 0 aliphatic carbocycles. The Labute approximate surface area is 128 Å². The van der Waals surface area contributed by atoms with Crippen molar-refractivity contribution in [3.05, 3.63) is 47.5 Å². The van der Waals surface area contributed by atoms with Crippen LogP contribution in [0.3, 0.4) is 0 Å². The zero-order chi connectivity index (χ0) is 16.1. The molecular weight excluding hydrogens is 287 g/mol. The van der Waals surface area contributed by atoms with E-state index in [1.54, 1.807) is 25.1 Å². The summed E-state index contributed by atoms with van der Waals surface area (Å²) in [5, 5.41) is 6.73. The Bertz CT molecular complexity index is 640. The Hall–Kier alpha value is -2.37. The van der Waals surface area contributed by atoms with Crippen LogP contribution in [0.5, 0.6) is 5.75 Å². The van der Waals surface area contributed by atoms with Gasteiger partial charge in [0.05, 0.1) is 0 Å². The molecular formula is C16H19FN2O3. The molecule has 1 aromatic heterocycles. The minimum Gasteiger partial charge on any atom is -0.490 e. The van der Waals surface area contributed by atoms with Crippen LogP contribution in [0.2, 0.25) is 0 Å². The van der Waals surface area contributed by atoms with Crippen LogP contribution in [-0.2, 0) is 4.74 Å². The first-order chi connectivity index (χ1) is 10.5. The van der Waals surface area contributed by atoms with Gasteiger partial charge in [0.2, 0.25) is 0 Å². The summed E-state index contributed by atoms with van der Waals surface area (Å²) in [6, 6.07) is 7.48. The molecule has 0 spiro atoms. The van der Waals surface area contributed by atoms with Gasteiger partial charge in [-0.1, -0.05) is 19.9 Å². The van der Waals surface area contributed by atoms with Crippen LogP contribution in [0, 0.1) is 5.82 Å². The van der Waals surface area contributed by atoms with Crippen LogP contribution >= 0.6 is 0 Å². The highest BCUT2D eigenvalue weighted by molar-refractivity contribution is 5.87. The van der Waals surface area contributed by atoms with Crippen molar-refractivity contribution in [2.24, 2.45) is 0 Å². The molecule has 2 rings (SSSR count). The van der Waals surface area contributed by atoms with Crippen molar-refractivity contribution in [1.82, 2.24) is 10.2 Å². The zero-order valence-corrected chi connectivity index (χ0v) is 12.8. The fourth-order valence-electron chi connectivity index (χ4n) is 1.78. The van der Waals surface area contributed by atoms with Crippen LogP contribution in [0.15, 0.2) is 30.3 Å². The normalized spacial score (nSPS) is 12.2. The van der Waals surface area contributed by atoms with Gasteiger partial charge in [0, 0.05) is 11.8 Å². The smallest absolute Gasteiger partial charge is 0.359 e. The van der Waals surface area contributed by atoms with E-state index in [1.165, 1.54) is 12.1 Å². The molecule has 1 unspecified atom stereocenters. The second kappa shape index (κ2) is 7.06. The quantitative estimate of drug-likeness (QED) is 0.832. The topological polar surface area (TPSA) is 64.2 Å². The lowest BCUT2D eigenvalue weighted by Crippen LogP contribution is -2.22. The van der Waals surface area contributed by atoms with Gasteiger partial charge in [-0.15, -0.1) is 0 Å². The third kappa shape index (κ3) is 4.31. The Morgan fingerprint density at radius 1 is 1.32 bits per heavy atom. The van der Waals surface area contributed by atoms with Gasteiger partial charge in [0.15, 0.2) is 5.69 Å². The number of hydrogen-bond donors (Lipinski definition) is 1. The van der Waals surface area contributed by atoms with Crippen molar-refractivity contribution in [3.63, 3.8) is 0 Å². The van der Waals surface area contributed by atoms with Gasteiger partial charge in [0.25, 0.3) is 0 Å². The number of carbonyl (C=O) groups excluding carboxylic acids is 1. The molecule has 1 atom stereocenters. The van der Waals surface area contributed by atoms with E-state index in [2.05, 4.69) is 10.2 Å². The van der Waals surface area contributed by atoms with Crippen LogP contribution in [0.25, 0.3) is 0 Å². The summed E-state index contributed by atoms with van der Waals surface area (Å²) in [7, 11) is 0. The Kier molecular flexibility index (Phi) is 5.14. The van der Waals surface area contributed by atoms with Crippen LogP contribution in [0.1, 0.15) is 42.9 Å². The number of esters is 1. The molecule has 1 heterocycles. The Morgan fingerprint density at radius 3 is 2.73 bits per heavy atom. The summed E-state index contributed by atoms with van der Waals surface area (Å²) >= 11 is 0. The van der Waals surface area contributed by atoms with Gasteiger partial charge >= 0.3 is 5.97 Å².